The lowest BCUT2D eigenvalue weighted by molar-refractivity contribution is 0.453. The van der Waals surface area contributed by atoms with Gasteiger partial charge in [0.1, 0.15) is 0 Å². The van der Waals surface area contributed by atoms with Gasteiger partial charge in [-0.25, -0.2) is 4.98 Å². The van der Waals surface area contributed by atoms with E-state index in [1.807, 2.05) is 26.0 Å². The van der Waals surface area contributed by atoms with Gasteiger partial charge in [-0.2, -0.15) is 0 Å². The zero-order valence-corrected chi connectivity index (χ0v) is 11.7. The van der Waals surface area contributed by atoms with Crippen molar-refractivity contribution in [3.63, 3.8) is 0 Å². The Labute approximate surface area is 117 Å². The van der Waals surface area contributed by atoms with Gasteiger partial charge in [0.25, 0.3) is 0 Å². The number of nitrogens with zero attached hydrogens (tertiary/aromatic N) is 2. The highest BCUT2D eigenvalue weighted by Crippen LogP contribution is 2.26. The van der Waals surface area contributed by atoms with Gasteiger partial charge in [0.15, 0.2) is 5.75 Å². The standard InChI is InChI=1S/C14H16ClN3O/c1-3-12-13(5-4-9(2)18-12)19-14-6-10(7-16)11(15)8-17-14/h4-6,8H,3,7,16H2,1-2H3. The van der Waals surface area contributed by atoms with E-state index in [1.165, 1.54) is 0 Å². The van der Waals surface area contributed by atoms with Crippen LogP contribution < -0.4 is 10.5 Å². The van der Waals surface area contributed by atoms with Crippen molar-refractivity contribution in [3.05, 3.63) is 46.4 Å². The number of ether oxygens (including phenoxy) is 1. The minimum absolute atomic E-state index is 0.352. The van der Waals surface area contributed by atoms with Crippen LogP contribution in [-0.2, 0) is 13.0 Å². The number of aromatic nitrogens is 2. The monoisotopic (exact) mass is 277 g/mol. The second kappa shape index (κ2) is 5.99. The topological polar surface area (TPSA) is 61.0 Å². The lowest BCUT2D eigenvalue weighted by atomic mass is 10.2. The third kappa shape index (κ3) is 3.22. The van der Waals surface area contributed by atoms with Crippen molar-refractivity contribution in [2.45, 2.75) is 26.8 Å². The molecule has 2 N–H and O–H groups in total. The first kappa shape index (κ1) is 13.8. The summed E-state index contributed by atoms with van der Waals surface area (Å²) in [5, 5.41) is 0.549. The van der Waals surface area contributed by atoms with Crippen LogP contribution in [0.5, 0.6) is 11.6 Å². The molecule has 100 valence electrons. The second-order valence-corrected chi connectivity index (χ2v) is 4.58. The summed E-state index contributed by atoms with van der Waals surface area (Å²) in [4.78, 5) is 8.59. The van der Waals surface area contributed by atoms with Crippen LogP contribution in [0.3, 0.4) is 0 Å². The molecule has 0 unspecified atom stereocenters. The van der Waals surface area contributed by atoms with Crippen LogP contribution >= 0.6 is 11.6 Å². The molecule has 2 rings (SSSR count). The average Bonchev–Trinajstić information content (AvgIpc) is 2.42. The molecule has 0 saturated heterocycles. The minimum atomic E-state index is 0.352. The van der Waals surface area contributed by atoms with E-state index in [0.717, 1.165) is 23.4 Å². The molecule has 4 nitrogen and oxygen atoms in total. The van der Waals surface area contributed by atoms with Gasteiger partial charge in [0.2, 0.25) is 5.88 Å². The third-order valence-electron chi connectivity index (χ3n) is 2.75. The lowest BCUT2D eigenvalue weighted by Gasteiger charge is -2.10. The summed E-state index contributed by atoms with van der Waals surface area (Å²) in [6.45, 7) is 4.34. The molecule has 0 spiro atoms. The maximum atomic E-state index is 5.97. The van der Waals surface area contributed by atoms with Crippen LogP contribution in [-0.4, -0.2) is 9.97 Å². The van der Waals surface area contributed by atoms with Gasteiger partial charge >= 0.3 is 0 Å². The minimum Gasteiger partial charge on any atom is -0.437 e. The van der Waals surface area contributed by atoms with Crippen molar-refractivity contribution in [1.29, 1.82) is 0 Å². The van der Waals surface area contributed by atoms with E-state index >= 15 is 0 Å². The van der Waals surface area contributed by atoms with Crippen LogP contribution in [0.25, 0.3) is 0 Å². The molecule has 0 aliphatic carbocycles. The molecular weight excluding hydrogens is 262 g/mol. The highest BCUT2D eigenvalue weighted by atomic mass is 35.5. The van der Waals surface area contributed by atoms with E-state index in [9.17, 15) is 0 Å². The first-order valence-corrected chi connectivity index (χ1v) is 6.50. The second-order valence-electron chi connectivity index (χ2n) is 4.17. The fourth-order valence-corrected chi connectivity index (χ4v) is 1.91. The number of halogens is 1. The Hall–Kier alpha value is -1.65. The largest absolute Gasteiger partial charge is 0.437 e. The maximum absolute atomic E-state index is 5.97. The van der Waals surface area contributed by atoms with Gasteiger partial charge in [-0.1, -0.05) is 18.5 Å². The van der Waals surface area contributed by atoms with E-state index in [-0.39, 0.29) is 0 Å². The molecule has 0 atom stereocenters. The van der Waals surface area contributed by atoms with Gasteiger partial charge in [-0.3, -0.25) is 4.98 Å². The number of hydrogen-bond donors (Lipinski definition) is 1. The Morgan fingerprint density at radius 3 is 2.84 bits per heavy atom. The molecule has 0 aromatic carbocycles. The van der Waals surface area contributed by atoms with Crippen LogP contribution in [0.15, 0.2) is 24.4 Å². The third-order valence-corrected chi connectivity index (χ3v) is 3.09. The number of nitrogens with two attached hydrogens (primary N) is 1. The van der Waals surface area contributed by atoms with Crippen molar-refractivity contribution in [3.8, 4) is 11.6 Å². The van der Waals surface area contributed by atoms with Crippen LogP contribution in [0.4, 0.5) is 0 Å². The van der Waals surface area contributed by atoms with E-state index in [4.69, 9.17) is 22.1 Å². The fraction of sp³-hybridized carbons (Fsp3) is 0.286. The molecule has 0 saturated carbocycles. The molecule has 0 radical (unpaired) electrons. The molecular formula is C14H16ClN3O. The summed E-state index contributed by atoms with van der Waals surface area (Å²) in [6.07, 6.45) is 2.35. The quantitative estimate of drug-likeness (QED) is 0.932. The van der Waals surface area contributed by atoms with Crippen molar-refractivity contribution >= 4 is 11.6 Å². The van der Waals surface area contributed by atoms with Crippen LogP contribution in [0, 0.1) is 6.92 Å². The van der Waals surface area contributed by atoms with Crippen molar-refractivity contribution < 1.29 is 4.74 Å². The summed E-state index contributed by atoms with van der Waals surface area (Å²) >= 11 is 5.97. The SMILES string of the molecule is CCc1nc(C)ccc1Oc1cc(CN)c(Cl)cn1. The zero-order valence-electron chi connectivity index (χ0n) is 11.0. The molecule has 0 aliphatic rings. The summed E-state index contributed by atoms with van der Waals surface area (Å²) in [7, 11) is 0. The normalized spacial score (nSPS) is 10.5. The first-order valence-electron chi connectivity index (χ1n) is 6.13. The zero-order chi connectivity index (χ0) is 13.8. The number of pyridine rings is 2. The van der Waals surface area contributed by atoms with Gasteiger partial charge in [0.05, 0.1) is 10.7 Å². The lowest BCUT2D eigenvalue weighted by Crippen LogP contribution is -2.00. The maximum Gasteiger partial charge on any atom is 0.219 e. The average molecular weight is 278 g/mol. The first-order chi connectivity index (χ1) is 9.13. The summed E-state index contributed by atoms with van der Waals surface area (Å²) < 4.78 is 5.77. The molecule has 2 aromatic rings. The number of rotatable bonds is 4. The molecule has 0 amide bonds. The van der Waals surface area contributed by atoms with Crippen molar-refractivity contribution in [2.75, 3.05) is 0 Å². The Morgan fingerprint density at radius 1 is 1.37 bits per heavy atom. The number of hydrogen-bond acceptors (Lipinski definition) is 4. The van der Waals surface area contributed by atoms with Gasteiger partial charge in [0, 0.05) is 24.5 Å². The smallest absolute Gasteiger partial charge is 0.219 e. The molecule has 19 heavy (non-hydrogen) atoms. The van der Waals surface area contributed by atoms with Gasteiger partial charge in [-0.15, -0.1) is 0 Å². The Kier molecular flexibility index (Phi) is 4.35. The Morgan fingerprint density at radius 2 is 2.16 bits per heavy atom. The summed E-state index contributed by atoms with van der Waals surface area (Å²) in [6, 6.07) is 5.56. The highest BCUT2D eigenvalue weighted by molar-refractivity contribution is 6.31. The van der Waals surface area contributed by atoms with E-state index in [2.05, 4.69) is 9.97 Å². The highest BCUT2D eigenvalue weighted by Gasteiger charge is 2.08. The predicted molar refractivity (Wildman–Crippen MR) is 75.6 cm³/mol. The molecule has 2 heterocycles. The molecule has 2 aromatic heterocycles. The van der Waals surface area contributed by atoms with Gasteiger partial charge in [-0.05, 0) is 31.0 Å². The van der Waals surface area contributed by atoms with Crippen LogP contribution in [0.2, 0.25) is 5.02 Å². The van der Waals surface area contributed by atoms with E-state index in [0.29, 0.717) is 23.2 Å². The van der Waals surface area contributed by atoms with Crippen molar-refractivity contribution in [1.82, 2.24) is 9.97 Å². The molecule has 0 aliphatic heterocycles. The predicted octanol–water partition coefficient (Wildman–Crippen LogP) is 3.25. The van der Waals surface area contributed by atoms with Gasteiger partial charge < -0.3 is 10.5 Å². The molecule has 0 bridgehead atoms. The fourth-order valence-electron chi connectivity index (χ4n) is 1.73. The molecule has 5 heteroatoms. The number of aryl methyl sites for hydroxylation is 2. The van der Waals surface area contributed by atoms with Crippen molar-refractivity contribution in [2.24, 2.45) is 5.73 Å². The summed E-state index contributed by atoms with van der Waals surface area (Å²) in [5.41, 5.74) is 8.30. The Balaban J connectivity index is 2.30. The van der Waals surface area contributed by atoms with Crippen LogP contribution in [0.1, 0.15) is 23.9 Å². The van der Waals surface area contributed by atoms with E-state index in [1.54, 1.807) is 12.3 Å². The molecule has 0 fully saturated rings. The van der Waals surface area contributed by atoms with E-state index < -0.39 is 0 Å². The summed E-state index contributed by atoms with van der Waals surface area (Å²) in [5.74, 6) is 1.19. The Bertz CT molecular complexity index is 587.